The maximum atomic E-state index is 14.0. The van der Waals surface area contributed by atoms with E-state index in [1.807, 2.05) is 18.2 Å². The average molecular weight is 455 g/mol. The molecule has 9 heteroatoms. The van der Waals surface area contributed by atoms with Gasteiger partial charge in [0.15, 0.2) is 0 Å². The van der Waals surface area contributed by atoms with E-state index >= 15 is 0 Å². The van der Waals surface area contributed by atoms with E-state index in [-0.39, 0.29) is 35.5 Å². The molecule has 0 saturated carbocycles. The van der Waals surface area contributed by atoms with Crippen molar-refractivity contribution < 1.29 is 22.3 Å². The summed E-state index contributed by atoms with van der Waals surface area (Å²) >= 11 is 5.96. The van der Waals surface area contributed by atoms with E-state index in [0.717, 1.165) is 5.56 Å². The van der Waals surface area contributed by atoms with E-state index in [0.29, 0.717) is 25.1 Å². The lowest BCUT2D eigenvalue weighted by molar-refractivity contribution is -0.120. The molecule has 0 atom stereocenters. The number of sulfonamides is 1. The quantitative estimate of drug-likeness (QED) is 0.690. The van der Waals surface area contributed by atoms with Gasteiger partial charge in [-0.05, 0) is 42.7 Å². The van der Waals surface area contributed by atoms with Crippen molar-refractivity contribution >= 4 is 33.2 Å². The van der Waals surface area contributed by atoms with E-state index in [2.05, 4.69) is 5.32 Å². The molecule has 0 radical (unpaired) electrons. The number of nitrogens with zero attached hydrogens (tertiary/aromatic N) is 1. The highest BCUT2D eigenvalue weighted by molar-refractivity contribution is 7.88. The first-order chi connectivity index (χ1) is 14.3. The number of amides is 1. The van der Waals surface area contributed by atoms with Crippen molar-refractivity contribution in [3.05, 3.63) is 64.4 Å². The molecular formula is C21H24ClFN2O4S. The molecule has 0 aromatic heterocycles. The van der Waals surface area contributed by atoms with Crippen LogP contribution in [0.1, 0.15) is 24.0 Å². The van der Waals surface area contributed by atoms with E-state index < -0.39 is 21.6 Å². The third-order valence-electron chi connectivity index (χ3n) is 5.11. The van der Waals surface area contributed by atoms with Crippen molar-refractivity contribution in [3.8, 4) is 0 Å². The molecule has 2 aromatic rings. The number of halogens is 2. The number of carbonyl (C=O) groups excluding carboxylic acids is 1. The maximum Gasteiger partial charge on any atom is 0.227 e. The fourth-order valence-corrected chi connectivity index (χ4v) is 5.41. The summed E-state index contributed by atoms with van der Waals surface area (Å²) in [6.07, 6.45) is 0.793. The lowest BCUT2D eigenvalue weighted by atomic mass is 9.97. The summed E-state index contributed by atoms with van der Waals surface area (Å²) in [5.41, 5.74) is 1.59. The van der Waals surface area contributed by atoms with Crippen LogP contribution in [0.25, 0.3) is 0 Å². The van der Waals surface area contributed by atoms with Crippen molar-refractivity contribution in [2.75, 3.05) is 25.5 Å². The molecule has 1 aliphatic heterocycles. The monoisotopic (exact) mass is 454 g/mol. The summed E-state index contributed by atoms with van der Waals surface area (Å²) in [6, 6.07) is 11.5. The van der Waals surface area contributed by atoms with Crippen molar-refractivity contribution in [1.82, 2.24) is 4.31 Å². The molecule has 0 unspecified atom stereocenters. The lowest BCUT2D eigenvalue weighted by Crippen LogP contribution is -2.42. The van der Waals surface area contributed by atoms with Crippen LogP contribution in [0.5, 0.6) is 0 Å². The fourth-order valence-electron chi connectivity index (χ4n) is 3.49. The summed E-state index contributed by atoms with van der Waals surface area (Å²) < 4.78 is 45.8. The van der Waals surface area contributed by atoms with Crippen molar-refractivity contribution in [2.24, 2.45) is 5.92 Å². The van der Waals surface area contributed by atoms with Crippen LogP contribution in [0.4, 0.5) is 10.1 Å². The Labute approximate surface area is 181 Å². The predicted octanol–water partition coefficient (Wildman–Crippen LogP) is 3.81. The number of anilines is 1. The summed E-state index contributed by atoms with van der Waals surface area (Å²) in [4.78, 5) is 12.6. The second kappa shape index (κ2) is 9.87. The zero-order chi connectivity index (χ0) is 21.7. The molecule has 1 heterocycles. The lowest BCUT2D eigenvalue weighted by Gasteiger charge is -2.30. The zero-order valence-corrected chi connectivity index (χ0v) is 18.2. The molecule has 0 aliphatic carbocycles. The van der Waals surface area contributed by atoms with Crippen LogP contribution < -0.4 is 5.32 Å². The van der Waals surface area contributed by atoms with Gasteiger partial charge < -0.3 is 10.1 Å². The maximum absolute atomic E-state index is 14.0. The number of hydrogen-bond acceptors (Lipinski definition) is 4. The second-order valence-electron chi connectivity index (χ2n) is 7.25. The first-order valence-corrected chi connectivity index (χ1v) is 11.6. The SMILES string of the molecule is COCc1cccc(NC(=O)C2CCN(S(=O)(=O)Cc3c(F)cccc3Cl)CC2)c1. The van der Waals surface area contributed by atoms with Gasteiger partial charge >= 0.3 is 0 Å². The second-order valence-corrected chi connectivity index (χ2v) is 9.63. The normalized spacial score (nSPS) is 15.8. The third-order valence-corrected chi connectivity index (χ3v) is 7.27. The molecule has 0 spiro atoms. The number of hydrogen-bond donors (Lipinski definition) is 1. The van der Waals surface area contributed by atoms with E-state index in [1.165, 1.54) is 22.5 Å². The zero-order valence-electron chi connectivity index (χ0n) is 16.6. The highest BCUT2D eigenvalue weighted by Gasteiger charge is 2.32. The molecule has 3 rings (SSSR count). The average Bonchev–Trinajstić information content (AvgIpc) is 2.71. The summed E-state index contributed by atoms with van der Waals surface area (Å²) in [6.45, 7) is 0.860. The molecule has 6 nitrogen and oxygen atoms in total. The number of methoxy groups -OCH3 is 1. The summed E-state index contributed by atoms with van der Waals surface area (Å²) in [5, 5.41) is 2.98. The molecule has 1 fully saturated rings. The molecule has 1 N–H and O–H groups in total. The molecule has 162 valence electrons. The van der Waals surface area contributed by atoms with Gasteiger partial charge in [-0.1, -0.05) is 29.8 Å². The fraction of sp³-hybridized carbons (Fsp3) is 0.381. The van der Waals surface area contributed by atoms with Gasteiger partial charge in [-0.25, -0.2) is 17.1 Å². The molecular weight excluding hydrogens is 431 g/mol. The first-order valence-electron chi connectivity index (χ1n) is 9.59. The van der Waals surface area contributed by atoms with Gasteiger partial charge in [-0.3, -0.25) is 4.79 Å². The van der Waals surface area contributed by atoms with Gasteiger partial charge in [0.25, 0.3) is 0 Å². The minimum absolute atomic E-state index is 0.0324. The van der Waals surface area contributed by atoms with E-state index in [9.17, 15) is 17.6 Å². The minimum Gasteiger partial charge on any atom is -0.380 e. The molecule has 30 heavy (non-hydrogen) atoms. The van der Waals surface area contributed by atoms with Gasteiger partial charge in [-0.15, -0.1) is 0 Å². The van der Waals surface area contributed by atoms with Crippen LogP contribution in [0.3, 0.4) is 0 Å². The van der Waals surface area contributed by atoms with E-state index in [1.54, 1.807) is 13.2 Å². The number of carbonyl (C=O) groups is 1. The number of piperidine rings is 1. The third kappa shape index (κ3) is 5.57. The molecule has 1 amide bonds. The molecule has 2 aromatic carbocycles. The predicted molar refractivity (Wildman–Crippen MR) is 114 cm³/mol. The smallest absolute Gasteiger partial charge is 0.227 e. The van der Waals surface area contributed by atoms with Gasteiger partial charge in [0.05, 0.1) is 12.4 Å². The highest BCUT2D eigenvalue weighted by atomic mass is 35.5. The van der Waals surface area contributed by atoms with Crippen LogP contribution in [-0.4, -0.2) is 38.8 Å². The van der Waals surface area contributed by atoms with Crippen molar-refractivity contribution in [1.29, 1.82) is 0 Å². The Morgan fingerprint density at radius 3 is 2.60 bits per heavy atom. The van der Waals surface area contributed by atoms with Crippen LogP contribution in [0, 0.1) is 11.7 Å². The van der Waals surface area contributed by atoms with Crippen LogP contribution in [0.2, 0.25) is 5.02 Å². The van der Waals surface area contributed by atoms with Gasteiger partial charge in [-0.2, -0.15) is 0 Å². The van der Waals surface area contributed by atoms with Crippen LogP contribution >= 0.6 is 11.6 Å². The first kappa shape index (κ1) is 22.7. The molecule has 1 aliphatic rings. The Bertz CT molecular complexity index is 988. The Balaban J connectivity index is 1.58. The number of nitrogens with one attached hydrogen (secondary N) is 1. The van der Waals surface area contributed by atoms with Gasteiger partial charge in [0.1, 0.15) is 5.82 Å². The summed E-state index contributed by atoms with van der Waals surface area (Å²) in [5.74, 6) is -1.57. The Morgan fingerprint density at radius 2 is 1.93 bits per heavy atom. The van der Waals surface area contributed by atoms with Crippen molar-refractivity contribution in [3.63, 3.8) is 0 Å². The standard InChI is InChI=1S/C21H24ClFN2O4S/c1-29-13-15-4-2-5-17(12-15)24-21(26)16-8-10-25(11-9-16)30(27,28)14-18-19(22)6-3-7-20(18)23/h2-7,12,16H,8-11,13-14H2,1H3,(H,24,26). The number of rotatable bonds is 7. The Kier molecular flexibility index (Phi) is 7.46. The number of benzene rings is 2. The van der Waals surface area contributed by atoms with Crippen LogP contribution in [0.15, 0.2) is 42.5 Å². The molecule has 0 bridgehead atoms. The largest absolute Gasteiger partial charge is 0.380 e. The molecule has 1 saturated heterocycles. The highest BCUT2D eigenvalue weighted by Crippen LogP contribution is 2.26. The Morgan fingerprint density at radius 1 is 1.23 bits per heavy atom. The topological polar surface area (TPSA) is 75.7 Å². The van der Waals surface area contributed by atoms with Gasteiger partial charge in [0, 0.05) is 42.4 Å². The van der Waals surface area contributed by atoms with Crippen molar-refractivity contribution in [2.45, 2.75) is 25.2 Å². The number of ether oxygens (including phenoxy) is 1. The van der Waals surface area contributed by atoms with E-state index in [4.69, 9.17) is 16.3 Å². The Hall–Kier alpha value is -2.00. The van der Waals surface area contributed by atoms with Crippen LogP contribution in [-0.2, 0) is 31.9 Å². The van der Waals surface area contributed by atoms with Gasteiger partial charge in [0.2, 0.25) is 15.9 Å². The summed E-state index contributed by atoms with van der Waals surface area (Å²) in [7, 11) is -2.13. The minimum atomic E-state index is -3.74.